The van der Waals surface area contributed by atoms with Crippen LogP contribution in [0.5, 0.6) is 0 Å². The van der Waals surface area contributed by atoms with E-state index in [1.54, 1.807) is 25.1 Å². The molecule has 7 heteroatoms. The smallest absolute Gasteiger partial charge is 0.157 e. The number of aliphatic hydroxyl groups excluding tert-OH is 1. The van der Waals surface area contributed by atoms with E-state index in [-0.39, 0.29) is 30.9 Å². The predicted molar refractivity (Wildman–Crippen MR) is 113 cm³/mol. The molecule has 0 radical (unpaired) electrons. The minimum Gasteiger partial charge on any atom is -0.390 e. The second-order valence-corrected chi connectivity index (χ2v) is 10.4. The maximum absolute atomic E-state index is 14.3. The first-order valence-corrected chi connectivity index (χ1v) is 11.3. The lowest BCUT2D eigenvalue weighted by Gasteiger charge is -2.62. The standard InChI is InChI=1S/C25H31FO6/c1-5-10-29-20-16-12-23(4,28)25-21(30-13-15-8-6-7-9-18(15)26)17(22(2,3)32-25)11-19(27)24(20,25)31-14-16/h1,6-9,16-17,19-21,27-28H,10-14H2,2-4H3/t16-,17-,19+,20-,21+,23+,24+,25+/m1/s1. The monoisotopic (exact) mass is 446 g/mol. The van der Waals surface area contributed by atoms with Gasteiger partial charge in [-0.05, 0) is 39.7 Å². The van der Waals surface area contributed by atoms with Gasteiger partial charge >= 0.3 is 0 Å². The Morgan fingerprint density at radius 2 is 1.97 bits per heavy atom. The molecule has 1 aromatic rings. The third-order valence-corrected chi connectivity index (χ3v) is 8.21. The molecule has 2 N–H and O–H groups in total. The lowest BCUT2D eigenvalue weighted by Crippen LogP contribution is -2.83. The van der Waals surface area contributed by atoms with Crippen molar-refractivity contribution in [3.63, 3.8) is 0 Å². The molecule has 4 fully saturated rings. The lowest BCUT2D eigenvalue weighted by molar-refractivity contribution is -0.350. The molecule has 2 saturated heterocycles. The van der Waals surface area contributed by atoms with Crippen molar-refractivity contribution in [2.75, 3.05) is 13.2 Å². The van der Waals surface area contributed by atoms with Crippen LogP contribution in [-0.4, -0.2) is 64.1 Å². The van der Waals surface area contributed by atoms with Gasteiger partial charge in [0.1, 0.15) is 12.4 Å². The van der Waals surface area contributed by atoms with Crippen molar-refractivity contribution >= 4 is 0 Å². The molecule has 0 amide bonds. The number of hydrogen-bond acceptors (Lipinski definition) is 6. The molecule has 4 aliphatic rings. The highest BCUT2D eigenvalue weighted by molar-refractivity contribution is 5.35. The van der Waals surface area contributed by atoms with Crippen LogP contribution in [0.15, 0.2) is 24.3 Å². The van der Waals surface area contributed by atoms with Crippen molar-refractivity contribution in [1.82, 2.24) is 0 Å². The summed E-state index contributed by atoms with van der Waals surface area (Å²) in [6.45, 7) is 5.98. The first-order valence-electron chi connectivity index (χ1n) is 11.3. The Hall–Kier alpha value is -1.53. The summed E-state index contributed by atoms with van der Waals surface area (Å²) in [4.78, 5) is 0. The molecule has 4 bridgehead atoms. The SMILES string of the molecule is C#CCO[C@@H]1[C@H]2CO[C@@]13[C@@H](O)C[C@@H]1[C@H](OCc4ccccc4F)[C@]3(OC1(C)C)[C@@](C)(O)C2. The molecule has 6 nitrogen and oxygen atoms in total. The molecule has 2 aliphatic heterocycles. The Labute approximate surface area is 188 Å². The molecule has 2 heterocycles. The zero-order valence-electron chi connectivity index (χ0n) is 18.7. The number of hydrogen-bond donors (Lipinski definition) is 2. The second-order valence-electron chi connectivity index (χ2n) is 10.4. The fraction of sp³-hybridized carbons (Fsp3) is 0.680. The summed E-state index contributed by atoms with van der Waals surface area (Å²) in [5, 5.41) is 23.3. The molecule has 8 atom stereocenters. The first-order chi connectivity index (χ1) is 15.1. The van der Waals surface area contributed by atoms with Crippen molar-refractivity contribution in [3.8, 4) is 12.3 Å². The molecule has 2 spiro atoms. The summed E-state index contributed by atoms with van der Waals surface area (Å²) < 4.78 is 39.9. The van der Waals surface area contributed by atoms with Crippen LogP contribution in [0.3, 0.4) is 0 Å². The molecule has 0 unspecified atom stereocenters. The molecule has 5 rings (SSSR count). The van der Waals surface area contributed by atoms with Gasteiger partial charge in [-0.15, -0.1) is 6.42 Å². The summed E-state index contributed by atoms with van der Waals surface area (Å²) in [5.74, 6) is 1.76. The highest BCUT2D eigenvalue weighted by Gasteiger charge is 2.86. The fourth-order valence-corrected chi connectivity index (χ4v) is 7.03. The first kappa shape index (κ1) is 22.3. The molecular formula is C25H31FO6. The second kappa shape index (κ2) is 7.23. The molecule has 174 valence electrons. The predicted octanol–water partition coefficient (Wildman–Crippen LogP) is 2.20. The largest absolute Gasteiger partial charge is 0.390 e. The van der Waals surface area contributed by atoms with E-state index in [2.05, 4.69) is 5.92 Å². The van der Waals surface area contributed by atoms with Gasteiger partial charge in [-0.3, -0.25) is 0 Å². The number of fused-ring (bicyclic) bond motifs is 2. The van der Waals surface area contributed by atoms with Gasteiger partial charge in [-0.2, -0.15) is 0 Å². The number of aliphatic hydroxyl groups is 2. The van der Waals surface area contributed by atoms with Crippen molar-refractivity contribution < 1.29 is 33.6 Å². The van der Waals surface area contributed by atoms with Gasteiger partial charge in [-0.1, -0.05) is 24.1 Å². The fourth-order valence-electron chi connectivity index (χ4n) is 7.03. The number of rotatable bonds is 5. The Morgan fingerprint density at radius 1 is 1.22 bits per heavy atom. The van der Waals surface area contributed by atoms with E-state index in [0.29, 0.717) is 25.0 Å². The Balaban J connectivity index is 1.62. The van der Waals surface area contributed by atoms with E-state index in [1.807, 2.05) is 13.8 Å². The molecule has 1 aromatic carbocycles. The number of benzene rings is 1. The molecular weight excluding hydrogens is 415 g/mol. The molecule has 0 aromatic heterocycles. The molecule has 2 saturated carbocycles. The van der Waals surface area contributed by atoms with Crippen LogP contribution < -0.4 is 0 Å². The maximum atomic E-state index is 14.3. The van der Waals surface area contributed by atoms with Crippen molar-refractivity contribution in [2.45, 2.75) is 80.9 Å². The Bertz CT molecular complexity index is 941. The zero-order valence-corrected chi connectivity index (χ0v) is 18.7. The van der Waals surface area contributed by atoms with Crippen LogP contribution in [-0.2, 0) is 25.6 Å². The average Bonchev–Trinajstić information content (AvgIpc) is 3.12. The number of halogens is 1. The van der Waals surface area contributed by atoms with Gasteiger partial charge in [0.2, 0.25) is 0 Å². The highest BCUT2D eigenvalue weighted by Crippen LogP contribution is 2.68. The highest BCUT2D eigenvalue weighted by atomic mass is 19.1. The van der Waals surface area contributed by atoms with Crippen molar-refractivity contribution in [2.24, 2.45) is 11.8 Å². The summed E-state index contributed by atoms with van der Waals surface area (Å²) >= 11 is 0. The summed E-state index contributed by atoms with van der Waals surface area (Å²) in [6.07, 6.45) is 4.01. The van der Waals surface area contributed by atoms with Crippen molar-refractivity contribution in [3.05, 3.63) is 35.6 Å². The van der Waals surface area contributed by atoms with Gasteiger partial charge < -0.3 is 29.2 Å². The van der Waals surface area contributed by atoms with Crippen LogP contribution in [0, 0.1) is 30.0 Å². The van der Waals surface area contributed by atoms with Crippen LogP contribution in [0.1, 0.15) is 39.2 Å². The van der Waals surface area contributed by atoms with Crippen LogP contribution in [0.4, 0.5) is 4.39 Å². The maximum Gasteiger partial charge on any atom is 0.157 e. The van der Waals surface area contributed by atoms with Crippen molar-refractivity contribution in [1.29, 1.82) is 0 Å². The number of terminal acetylenes is 1. The minimum atomic E-state index is -1.41. The Kier molecular flexibility index (Phi) is 5.03. The van der Waals surface area contributed by atoms with Gasteiger partial charge in [-0.25, -0.2) is 4.39 Å². The summed E-state index contributed by atoms with van der Waals surface area (Å²) in [6, 6.07) is 6.45. The zero-order chi connectivity index (χ0) is 22.9. The quantitative estimate of drug-likeness (QED) is 0.676. The van der Waals surface area contributed by atoms with E-state index in [4.69, 9.17) is 25.4 Å². The van der Waals surface area contributed by atoms with Crippen LogP contribution in [0.2, 0.25) is 0 Å². The third-order valence-electron chi connectivity index (χ3n) is 8.21. The lowest BCUT2D eigenvalue weighted by atomic mass is 9.51. The van der Waals surface area contributed by atoms with E-state index >= 15 is 0 Å². The molecule has 2 aliphatic carbocycles. The van der Waals surface area contributed by atoms with Gasteiger partial charge in [0, 0.05) is 17.4 Å². The average molecular weight is 447 g/mol. The Morgan fingerprint density at radius 3 is 2.69 bits per heavy atom. The van der Waals surface area contributed by atoms with E-state index < -0.39 is 40.7 Å². The van der Waals surface area contributed by atoms with Gasteiger partial charge in [0.15, 0.2) is 11.2 Å². The van der Waals surface area contributed by atoms with E-state index in [1.165, 1.54) is 6.07 Å². The third kappa shape index (κ3) is 2.68. The normalized spacial score (nSPS) is 46.0. The van der Waals surface area contributed by atoms with Crippen LogP contribution in [0.25, 0.3) is 0 Å². The van der Waals surface area contributed by atoms with Gasteiger partial charge in [0.25, 0.3) is 0 Å². The number of ether oxygens (including phenoxy) is 4. The summed E-state index contributed by atoms with van der Waals surface area (Å²) in [7, 11) is 0. The van der Waals surface area contributed by atoms with E-state index in [9.17, 15) is 14.6 Å². The molecule has 32 heavy (non-hydrogen) atoms. The van der Waals surface area contributed by atoms with E-state index in [0.717, 1.165) is 0 Å². The van der Waals surface area contributed by atoms with Crippen LogP contribution >= 0.6 is 0 Å². The van der Waals surface area contributed by atoms with Gasteiger partial charge in [0.05, 0.1) is 42.7 Å². The topological polar surface area (TPSA) is 77.4 Å². The minimum absolute atomic E-state index is 0.0105. The summed E-state index contributed by atoms with van der Waals surface area (Å²) in [5.41, 5.74) is -4.44.